The molecular weight excluding hydrogens is 465 g/mol. The molecule has 4 aromatic rings. The van der Waals surface area contributed by atoms with Crippen LogP contribution in [0.15, 0.2) is 60.9 Å². The van der Waals surface area contributed by atoms with Crippen molar-refractivity contribution in [2.45, 2.75) is 31.7 Å². The van der Waals surface area contributed by atoms with E-state index in [4.69, 9.17) is 8.83 Å². The lowest BCUT2D eigenvalue weighted by atomic mass is 10.0. The third-order valence-corrected chi connectivity index (χ3v) is 6.94. The Morgan fingerprint density at radius 3 is 2.36 bits per heavy atom. The van der Waals surface area contributed by atoms with Gasteiger partial charge in [0.05, 0.1) is 11.9 Å². The van der Waals surface area contributed by atoms with Crippen molar-refractivity contribution < 1.29 is 18.0 Å². The molecule has 1 aliphatic heterocycles. The summed E-state index contributed by atoms with van der Waals surface area (Å²) in [4.78, 5) is 40.2. The molecule has 1 aliphatic rings. The number of hydrogen-bond acceptors (Lipinski definition) is 6. The van der Waals surface area contributed by atoms with Gasteiger partial charge in [-0.3, -0.25) is 4.79 Å². The Bertz CT molecular complexity index is 1530. The highest BCUT2D eigenvalue weighted by Gasteiger charge is 2.27. The SMILES string of the molecule is CN(C)C(=O)Cc1ccc2c3oc(=O)c(=O)oc3n(C3CCN(CCc4ccc(F)cc4)CC3)c2c1. The molecule has 8 nitrogen and oxygen atoms in total. The van der Waals surface area contributed by atoms with Gasteiger partial charge in [0.25, 0.3) is 0 Å². The predicted octanol–water partition coefficient (Wildman–Crippen LogP) is 3.35. The Kier molecular flexibility index (Phi) is 6.49. The molecule has 1 fully saturated rings. The molecule has 0 radical (unpaired) electrons. The molecule has 36 heavy (non-hydrogen) atoms. The summed E-state index contributed by atoms with van der Waals surface area (Å²) >= 11 is 0. The summed E-state index contributed by atoms with van der Waals surface area (Å²) in [5, 5.41) is 0.672. The molecule has 0 bridgehead atoms. The fourth-order valence-electron chi connectivity index (χ4n) is 4.91. The number of likely N-dealkylation sites (N-methyl/N-ethyl adjacent to an activating group) is 1. The zero-order valence-corrected chi connectivity index (χ0v) is 20.3. The molecule has 9 heteroatoms. The summed E-state index contributed by atoms with van der Waals surface area (Å²) in [7, 11) is 3.43. The first kappa shape index (κ1) is 24.0. The van der Waals surface area contributed by atoms with Crippen LogP contribution in [0.3, 0.4) is 0 Å². The first-order valence-corrected chi connectivity index (χ1v) is 12.1. The van der Waals surface area contributed by atoms with Crippen molar-refractivity contribution in [1.82, 2.24) is 14.4 Å². The molecule has 2 aromatic carbocycles. The van der Waals surface area contributed by atoms with E-state index in [0.717, 1.165) is 55.5 Å². The van der Waals surface area contributed by atoms with Crippen LogP contribution < -0.4 is 11.3 Å². The van der Waals surface area contributed by atoms with E-state index in [1.165, 1.54) is 12.1 Å². The van der Waals surface area contributed by atoms with Crippen LogP contribution in [0.5, 0.6) is 0 Å². The van der Waals surface area contributed by atoms with Gasteiger partial charge in [-0.2, -0.15) is 0 Å². The smallest absolute Gasteiger partial charge is 0.412 e. The summed E-state index contributed by atoms with van der Waals surface area (Å²) < 4.78 is 25.9. The highest BCUT2D eigenvalue weighted by molar-refractivity contribution is 6.03. The number of carbonyl (C=O) groups excluding carboxylic acids is 1. The summed E-state index contributed by atoms with van der Waals surface area (Å²) in [6.07, 6.45) is 2.70. The van der Waals surface area contributed by atoms with E-state index in [9.17, 15) is 18.8 Å². The third-order valence-electron chi connectivity index (χ3n) is 6.94. The van der Waals surface area contributed by atoms with Gasteiger partial charge in [-0.25, -0.2) is 14.0 Å². The molecule has 0 saturated carbocycles. The zero-order chi connectivity index (χ0) is 25.4. The Balaban J connectivity index is 1.43. The van der Waals surface area contributed by atoms with Crippen molar-refractivity contribution in [3.63, 3.8) is 0 Å². The van der Waals surface area contributed by atoms with Crippen LogP contribution in [0.4, 0.5) is 4.39 Å². The minimum Gasteiger partial charge on any atom is -0.412 e. The third kappa shape index (κ3) is 4.70. The molecule has 5 rings (SSSR count). The van der Waals surface area contributed by atoms with Crippen LogP contribution in [-0.2, 0) is 17.6 Å². The van der Waals surface area contributed by atoms with Crippen molar-refractivity contribution >= 4 is 28.1 Å². The van der Waals surface area contributed by atoms with Gasteiger partial charge >= 0.3 is 11.3 Å². The number of hydrogen-bond donors (Lipinski definition) is 0. The average molecular weight is 494 g/mol. The second-order valence-electron chi connectivity index (χ2n) is 9.55. The highest BCUT2D eigenvalue weighted by Crippen LogP contribution is 2.35. The summed E-state index contributed by atoms with van der Waals surface area (Å²) in [5.41, 5.74) is 1.12. The number of rotatable bonds is 6. The molecule has 0 atom stereocenters. The van der Waals surface area contributed by atoms with Crippen molar-refractivity contribution in [2.24, 2.45) is 0 Å². The Morgan fingerprint density at radius 2 is 1.67 bits per heavy atom. The van der Waals surface area contributed by atoms with E-state index < -0.39 is 11.3 Å². The van der Waals surface area contributed by atoms with Gasteiger partial charge in [0.1, 0.15) is 5.82 Å². The Hall–Kier alpha value is -3.72. The van der Waals surface area contributed by atoms with Crippen LogP contribution in [0.25, 0.3) is 22.2 Å². The lowest BCUT2D eigenvalue weighted by molar-refractivity contribution is -0.127. The molecule has 1 saturated heterocycles. The maximum absolute atomic E-state index is 13.2. The van der Waals surface area contributed by atoms with Crippen molar-refractivity contribution in [2.75, 3.05) is 33.7 Å². The maximum Gasteiger partial charge on any atom is 0.424 e. The number of carbonyl (C=O) groups is 1. The second kappa shape index (κ2) is 9.73. The highest BCUT2D eigenvalue weighted by atomic mass is 19.1. The Morgan fingerprint density at radius 1 is 1.00 bits per heavy atom. The minimum atomic E-state index is -1.04. The van der Waals surface area contributed by atoms with Crippen LogP contribution in [0, 0.1) is 5.82 Å². The van der Waals surface area contributed by atoms with E-state index in [1.807, 2.05) is 34.9 Å². The van der Waals surface area contributed by atoms with E-state index in [1.54, 1.807) is 19.0 Å². The number of aromatic nitrogens is 1. The largest absolute Gasteiger partial charge is 0.424 e. The molecule has 188 valence electrons. The fraction of sp³-hybridized carbons (Fsp3) is 0.370. The number of halogens is 1. The lowest BCUT2D eigenvalue weighted by Crippen LogP contribution is -2.36. The van der Waals surface area contributed by atoms with E-state index in [0.29, 0.717) is 5.39 Å². The number of likely N-dealkylation sites (tertiary alicyclic amines) is 1. The van der Waals surface area contributed by atoms with Crippen LogP contribution in [-0.4, -0.2) is 54.0 Å². The van der Waals surface area contributed by atoms with Gasteiger partial charge in [-0.15, -0.1) is 0 Å². The molecule has 1 amide bonds. The van der Waals surface area contributed by atoms with Gasteiger partial charge in [0.2, 0.25) is 17.2 Å². The van der Waals surface area contributed by atoms with E-state index >= 15 is 0 Å². The van der Waals surface area contributed by atoms with Crippen molar-refractivity contribution in [3.8, 4) is 0 Å². The van der Waals surface area contributed by atoms with Crippen molar-refractivity contribution in [3.05, 3.63) is 80.2 Å². The lowest BCUT2D eigenvalue weighted by Gasteiger charge is -2.33. The maximum atomic E-state index is 13.2. The van der Waals surface area contributed by atoms with E-state index in [2.05, 4.69) is 4.90 Å². The normalized spacial score (nSPS) is 15.1. The molecule has 3 heterocycles. The Labute approximate surface area is 206 Å². The van der Waals surface area contributed by atoms with Gasteiger partial charge in [-0.1, -0.05) is 18.2 Å². The molecule has 0 N–H and O–H groups in total. The first-order chi connectivity index (χ1) is 17.3. The predicted molar refractivity (Wildman–Crippen MR) is 134 cm³/mol. The van der Waals surface area contributed by atoms with E-state index in [-0.39, 0.29) is 35.5 Å². The van der Waals surface area contributed by atoms with Gasteiger partial charge in [0, 0.05) is 45.2 Å². The standard InChI is InChI=1S/C27H28FN3O5/c1-29(2)23(32)16-18-5-8-21-22(15-18)31(25-24(21)35-26(33)27(34)36-25)20-10-13-30(14-11-20)12-9-17-3-6-19(28)7-4-17/h3-8,15,20H,9-14,16H2,1-2H3. The first-order valence-electron chi connectivity index (χ1n) is 12.1. The minimum absolute atomic E-state index is 0.0236. The number of nitrogens with zero attached hydrogens (tertiary/aromatic N) is 3. The fourth-order valence-corrected chi connectivity index (χ4v) is 4.91. The van der Waals surface area contributed by atoms with Gasteiger partial charge in [0.15, 0.2) is 0 Å². The number of fused-ring (bicyclic) bond motifs is 3. The topological polar surface area (TPSA) is 88.9 Å². The summed E-state index contributed by atoms with van der Waals surface area (Å²) in [6, 6.07) is 12.2. The molecule has 0 aliphatic carbocycles. The van der Waals surface area contributed by atoms with Gasteiger partial charge < -0.3 is 23.2 Å². The van der Waals surface area contributed by atoms with Crippen LogP contribution >= 0.6 is 0 Å². The van der Waals surface area contributed by atoms with Crippen LogP contribution in [0.2, 0.25) is 0 Å². The number of piperidine rings is 1. The van der Waals surface area contributed by atoms with Crippen LogP contribution in [0.1, 0.15) is 30.0 Å². The number of amides is 1. The summed E-state index contributed by atoms with van der Waals surface area (Å²) in [6.45, 7) is 2.55. The monoisotopic (exact) mass is 493 g/mol. The molecule has 0 unspecified atom stereocenters. The zero-order valence-electron chi connectivity index (χ0n) is 20.3. The quantitative estimate of drug-likeness (QED) is 0.383. The van der Waals surface area contributed by atoms with Gasteiger partial charge in [-0.05, 0) is 54.7 Å². The van der Waals surface area contributed by atoms with Crippen molar-refractivity contribution in [1.29, 1.82) is 0 Å². The molecule has 2 aromatic heterocycles. The number of benzene rings is 2. The molecular formula is C27H28FN3O5. The average Bonchev–Trinajstić information content (AvgIpc) is 3.16. The summed E-state index contributed by atoms with van der Waals surface area (Å²) in [5.74, 6) is -0.257. The second-order valence-corrected chi connectivity index (χ2v) is 9.55. The molecule has 0 spiro atoms.